The molecule has 70 heavy (non-hydrogen) atoms. The summed E-state index contributed by atoms with van der Waals surface area (Å²) in [6.07, 6.45) is 0. The van der Waals surface area contributed by atoms with Crippen molar-refractivity contribution in [2.45, 2.75) is 38.5 Å². The van der Waals surface area contributed by atoms with Crippen molar-refractivity contribution in [3.8, 4) is 50.5 Å². The predicted molar refractivity (Wildman–Crippen MR) is 292 cm³/mol. The number of fused-ring (bicyclic) bond motifs is 12. The van der Waals surface area contributed by atoms with Crippen LogP contribution in [0.2, 0.25) is 0 Å². The Bertz CT molecular complexity index is 4080. The molecule has 4 nitrogen and oxygen atoms in total. The topological polar surface area (TPSA) is 34.0 Å². The van der Waals surface area contributed by atoms with E-state index in [1.807, 2.05) is 0 Å². The lowest BCUT2D eigenvalue weighted by Gasteiger charge is -2.25. The molecule has 0 bridgehead atoms. The van der Waals surface area contributed by atoms with Gasteiger partial charge in [-0.1, -0.05) is 173 Å². The van der Waals surface area contributed by atoms with Gasteiger partial charge >= 0.3 is 0 Å². The summed E-state index contributed by atoms with van der Waals surface area (Å²) in [5.41, 5.74) is 22.4. The molecule has 4 heteroatoms. The highest BCUT2D eigenvalue weighted by Crippen LogP contribution is 2.52. The van der Waals surface area contributed by atoms with E-state index in [9.17, 15) is 0 Å². The molecule has 10 aromatic carbocycles. The molecule has 0 amide bonds. The number of nitrogens with zero attached hydrogens (tertiary/aromatic N) is 4. The quantitative estimate of drug-likeness (QED) is 0.167. The van der Waals surface area contributed by atoms with E-state index in [4.69, 9.17) is 9.97 Å². The van der Waals surface area contributed by atoms with Gasteiger partial charge in [0.15, 0.2) is 0 Å². The molecular formula is C66H48N4. The lowest BCUT2D eigenvalue weighted by Crippen LogP contribution is -2.15. The zero-order chi connectivity index (χ0) is 46.9. The van der Waals surface area contributed by atoms with Crippen molar-refractivity contribution in [1.82, 2.24) is 14.5 Å². The molecule has 0 saturated carbocycles. The summed E-state index contributed by atoms with van der Waals surface area (Å²) in [6.45, 7) is 9.38. The van der Waals surface area contributed by atoms with Crippen LogP contribution in [0.5, 0.6) is 0 Å². The minimum atomic E-state index is -0.168. The van der Waals surface area contributed by atoms with E-state index in [2.05, 4.69) is 256 Å². The van der Waals surface area contributed by atoms with Gasteiger partial charge in [0.05, 0.1) is 33.5 Å². The van der Waals surface area contributed by atoms with E-state index in [0.29, 0.717) is 0 Å². The Morgan fingerprint density at radius 2 is 0.914 bits per heavy atom. The SMILES string of the molecule is CC1(C)c2ccccc2-c2ccc(-c3nc4ccc(-n5c6cc(N(c7ccccc7)c7ccccc7)ccc6c6c7ccccc7ccc65)cc4nc3-c3ccc4c(c3)C(C)(C)c3ccccc3-4)cc21. The first kappa shape index (κ1) is 40.5. The van der Waals surface area contributed by atoms with Crippen LogP contribution in [-0.2, 0) is 10.8 Å². The van der Waals surface area contributed by atoms with Crippen molar-refractivity contribution < 1.29 is 0 Å². The minimum absolute atomic E-state index is 0.155. The van der Waals surface area contributed by atoms with Crippen molar-refractivity contribution >= 4 is 60.7 Å². The minimum Gasteiger partial charge on any atom is -0.310 e. The first-order valence-electron chi connectivity index (χ1n) is 24.4. The monoisotopic (exact) mass is 896 g/mol. The van der Waals surface area contributed by atoms with E-state index in [0.717, 1.165) is 67.3 Å². The van der Waals surface area contributed by atoms with Gasteiger partial charge in [-0.2, -0.15) is 0 Å². The zero-order valence-electron chi connectivity index (χ0n) is 39.6. The maximum absolute atomic E-state index is 5.74. The first-order valence-corrected chi connectivity index (χ1v) is 24.4. The average Bonchev–Trinajstić information content (AvgIpc) is 3.95. The third-order valence-electron chi connectivity index (χ3n) is 15.5. The summed E-state index contributed by atoms with van der Waals surface area (Å²) in [4.78, 5) is 13.7. The third kappa shape index (κ3) is 5.89. The van der Waals surface area contributed by atoms with E-state index >= 15 is 0 Å². The molecule has 332 valence electrons. The Hall–Kier alpha value is -8.60. The number of para-hydroxylation sites is 2. The molecule has 2 aromatic heterocycles. The van der Waals surface area contributed by atoms with Crippen LogP contribution in [0.3, 0.4) is 0 Å². The van der Waals surface area contributed by atoms with Gasteiger partial charge in [0.1, 0.15) is 0 Å². The highest BCUT2D eigenvalue weighted by atomic mass is 15.1. The van der Waals surface area contributed by atoms with Crippen LogP contribution < -0.4 is 4.90 Å². The average molecular weight is 897 g/mol. The molecule has 12 aromatic rings. The molecule has 2 aliphatic carbocycles. The van der Waals surface area contributed by atoms with E-state index in [1.165, 1.54) is 66.1 Å². The molecule has 0 saturated heterocycles. The van der Waals surface area contributed by atoms with E-state index in [1.54, 1.807) is 0 Å². The highest BCUT2D eigenvalue weighted by molar-refractivity contribution is 6.22. The van der Waals surface area contributed by atoms with Crippen LogP contribution in [-0.4, -0.2) is 14.5 Å². The number of hydrogen-bond acceptors (Lipinski definition) is 3. The number of aromatic nitrogens is 3. The highest BCUT2D eigenvalue weighted by Gasteiger charge is 2.37. The second kappa shape index (κ2) is 14.9. The standard InChI is InChI=1S/C66H48N4/c1-65(2)54-25-15-13-23-49(54)51-32-27-42(37-56(51)65)63-64(43-28-33-52-50-24-14-16-26-55(50)66(3,4)57(52)38-43)68-59-39-46(31-35-58(59)67-63)70-60-36-29-41-17-11-12-22-48(41)62(60)53-34-30-47(40-61(53)70)69(44-18-7-5-8-19-44)45-20-9-6-10-21-45/h5-40H,1-4H3. The van der Waals surface area contributed by atoms with Crippen LogP contribution in [0.4, 0.5) is 17.1 Å². The summed E-state index contributed by atoms with van der Waals surface area (Å²) >= 11 is 0. The Kier molecular flexibility index (Phi) is 8.64. The summed E-state index contributed by atoms with van der Waals surface area (Å²) in [6, 6.07) is 79.7. The van der Waals surface area contributed by atoms with Crippen LogP contribution in [0.25, 0.3) is 94.1 Å². The molecular weight excluding hydrogens is 849 g/mol. The summed E-state index contributed by atoms with van der Waals surface area (Å²) < 4.78 is 2.43. The Balaban J connectivity index is 1.00. The van der Waals surface area contributed by atoms with Gasteiger partial charge < -0.3 is 9.47 Å². The fraction of sp³-hybridized carbons (Fsp3) is 0.0909. The van der Waals surface area contributed by atoms with Crippen LogP contribution in [0.15, 0.2) is 218 Å². The Morgan fingerprint density at radius 1 is 0.371 bits per heavy atom. The second-order valence-electron chi connectivity index (χ2n) is 20.2. The van der Waals surface area contributed by atoms with Gasteiger partial charge in [-0.05, 0) is 128 Å². The molecule has 0 unspecified atom stereocenters. The Morgan fingerprint density at radius 3 is 1.54 bits per heavy atom. The zero-order valence-corrected chi connectivity index (χ0v) is 39.6. The van der Waals surface area contributed by atoms with Gasteiger partial charge in [-0.3, -0.25) is 0 Å². The Labute approximate surface area is 407 Å². The van der Waals surface area contributed by atoms with Gasteiger partial charge in [0, 0.05) is 55.5 Å². The smallest absolute Gasteiger partial charge is 0.0973 e. The molecule has 0 N–H and O–H groups in total. The third-order valence-corrected chi connectivity index (χ3v) is 15.5. The van der Waals surface area contributed by atoms with Gasteiger partial charge in [-0.25, -0.2) is 9.97 Å². The molecule has 14 rings (SSSR count). The maximum Gasteiger partial charge on any atom is 0.0973 e. The van der Waals surface area contributed by atoms with Crippen molar-refractivity contribution in [3.63, 3.8) is 0 Å². The molecule has 2 aliphatic rings. The van der Waals surface area contributed by atoms with Gasteiger partial charge in [0.2, 0.25) is 0 Å². The van der Waals surface area contributed by atoms with E-state index < -0.39 is 0 Å². The van der Waals surface area contributed by atoms with Gasteiger partial charge in [0.25, 0.3) is 0 Å². The summed E-state index contributed by atoms with van der Waals surface area (Å²) in [5, 5.41) is 4.88. The maximum atomic E-state index is 5.74. The molecule has 0 radical (unpaired) electrons. The predicted octanol–water partition coefficient (Wildman–Crippen LogP) is 17.3. The number of anilines is 3. The molecule has 2 heterocycles. The van der Waals surface area contributed by atoms with Gasteiger partial charge in [-0.15, -0.1) is 0 Å². The normalized spacial score (nSPS) is 13.9. The largest absolute Gasteiger partial charge is 0.310 e. The number of benzene rings is 10. The molecule has 0 spiro atoms. The molecule has 0 atom stereocenters. The number of hydrogen-bond donors (Lipinski definition) is 0. The van der Waals surface area contributed by atoms with Crippen molar-refractivity contribution in [2.24, 2.45) is 0 Å². The molecule has 0 aliphatic heterocycles. The van der Waals surface area contributed by atoms with Crippen LogP contribution in [0.1, 0.15) is 49.9 Å². The lowest BCUT2D eigenvalue weighted by molar-refractivity contribution is 0.660. The van der Waals surface area contributed by atoms with Crippen LogP contribution in [0, 0.1) is 0 Å². The summed E-state index contributed by atoms with van der Waals surface area (Å²) in [5.74, 6) is 0. The molecule has 0 fully saturated rings. The number of rotatable bonds is 6. The fourth-order valence-corrected chi connectivity index (χ4v) is 12.1. The summed E-state index contributed by atoms with van der Waals surface area (Å²) in [7, 11) is 0. The first-order chi connectivity index (χ1) is 34.2. The van der Waals surface area contributed by atoms with Crippen molar-refractivity contribution in [1.29, 1.82) is 0 Å². The second-order valence-corrected chi connectivity index (χ2v) is 20.2. The van der Waals surface area contributed by atoms with Crippen LogP contribution >= 0.6 is 0 Å². The van der Waals surface area contributed by atoms with Crippen molar-refractivity contribution in [3.05, 3.63) is 241 Å². The van der Waals surface area contributed by atoms with Crippen molar-refractivity contribution in [2.75, 3.05) is 4.90 Å². The lowest BCUT2D eigenvalue weighted by atomic mass is 9.81. The fourth-order valence-electron chi connectivity index (χ4n) is 12.1. The van der Waals surface area contributed by atoms with E-state index in [-0.39, 0.29) is 10.8 Å².